The smallest absolute Gasteiger partial charge is 0.272 e. The molecule has 23 heavy (non-hydrogen) atoms. The zero-order chi connectivity index (χ0) is 15.8. The van der Waals surface area contributed by atoms with E-state index in [2.05, 4.69) is 52.0 Å². The van der Waals surface area contributed by atoms with E-state index in [4.69, 9.17) is 0 Å². The Kier molecular flexibility index (Phi) is 3.65. The Labute approximate surface area is 135 Å². The van der Waals surface area contributed by atoms with Gasteiger partial charge < -0.3 is 10.6 Å². The number of nitrogens with one attached hydrogen (secondary N) is 3. The number of carbonyl (C=O) groups is 1. The Bertz CT molecular complexity index is 736. The number of rotatable bonds is 2. The van der Waals surface area contributed by atoms with Crippen molar-refractivity contribution < 1.29 is 4.79 Å². The molecule has 0 fully saturated rings. The molecule has 4 rings (SSSR count). The zero-order valence-corrected chi connectivity index (χ0v) is 13.4. The summed E-state index contributed by atoms with van der Waals surface area (Å²) in [6.07, 6.45) is 2.98. The fraction of sp³-hybridized carbons (Fsp3) is 0.444. The maximum absolute atomic E-state index is 12.7. The van der Waals surface area contributed by atoms with Crippen molar-refractivity contribution in [1.82, 2.24) is 20.8 Å². The van der Waals surface area contributed by atoms with Crippen LogP contribution in [0.1, 0.15) is 64.6 Å². The molecule has 1 aliphatic carbocycles. The average Bonchev–Trinajstić information content (AvgIpc) is 3.02. The Morgan fingerprint density at radius 2 is 2.09 bits per heavy atom. The lowest BCUT2D eigenvalue weighted by Gasteiger charge is -2.30. The topological polar surface area (TPSA) is 69.8 Å². The van der Waals surface area contributed by atoms with Gasteiger partial charge in [0.2, 0.25) is 0 Å². The molecule has 2 atom stereocenters. The van der Waals surface area contributed by atoms with Crippen LogP contribution in [0.5, 0.6) is 0 Å². The van der Waals surface area contributed by atoms with E-state index >= 15 is 0 Å². The van der Waals surface area contributed by atoms with E-state index in [1.807, 2.05) is 0 Å². The van der Waals surface area contributed by atoms with Crippen molar-refractivity contribution in [3.63, 3.8) is 0 Å². The van der Waals surface area contributed by atoms with Crippen molar-refractivity contribution in [2.45, 2.75) is 44.7 Å². The van der Waals surface area contributed by atoms with Crippen LogP contribution in [0, 0.1) is 0 Å². The predicted molar refractivity (Wildman–Crippen MR) is 88.3 cm³/mol. The van der Waals surface area contributed by atoms with E-state index in [0.29, 0.717) is 18.2 Å². The highest BCUT2D eigenvalue weighted by Crippen LogP contribution is 2.37. The maximum atomic E-state index is 12.7. The molecule has 3 N–H and O–H groups in total. The van der Waals surface area contributed by atoms with Crippen molar-refractivity contribution in [2.24, 2.45) is 0 Å². The van der Waals surface area contributed by atoms with E-state index in [-0.39, 0.29) is 11.9 Å². The first-order chi connectivity index (χ1) is 11.2. The molecule has 1 aromatic carbocycles. The quantitative estimate of drug-likeness (QED) is 0.798. The largest absolute Gasteiger partial charge is 0.344 e. The second-order valence-electron chi connectivity index (χ2n) is 6.59. The van der Waals surface area contributed by atoms with Gasteiger partial charge in [-0.25, -0.2) is 0 Å². The van der Waals surface area contributed by atoms with Gasteiger partial charge in [-0.05, 0) is 29.9 Å². The Balaban J connectivity index is 1.58. The summed E-state index contributed by atoms with van der Waals surface area (Å²) in [7, 11) is 0. The molecule has 1 aromatic heterocycles. The first kappa shape index (κ1) is 14.5. The predicted octanol–water partition coefficient (Wildman–Crippen LogP) is 2.42. The number of fused-ring (bicyclic) bond motifs is 2. The molecule has 0 spiro atoms. The molecule has 0 saturated heterocycles. The van der Waals surface area contributed by atoms with Gasteiger partial charge in [0.1, 0.15) is 0 Å². The molecule has 5 nitrogen and oxygen atoms in total. The van der Waals surface area contributed by atoms with E-state index < -0.39 is 0 Å². The lowest BCUT2D eigenvalue weighted by atomic mass is 9.81. The van der Waals surface area contributed by atoms with Crippen LogP contribution >= 0.6 is 0 Å². The Morgan fingerprint density at radius 1 is 1.26 bits per heavy atom. The van der Waals surface area contributed by atoms with Crippen LogP contribution in [0.2, 0.25) is 0 Å². The number of nitrogens with zero attached hydrogens (tertiary/aromatic N) is 1. The first-order valence-corrected chi connectivity index (χ1v) is 8.40. The summed E-state index contributed by atoms with van der Waals surface area (Å²) in [6, 6.07) is 8.53. The minimum absolute atomic E-state index is 0.0689. The molecule has 0 radical (unpaired) electrons. The molecule has 1 amide bonds. The summed E-state index contributed by atoms with van der Waals surface area (Å²) in [5, 5.41) is 13.8. The monoisotopic (exact) mass is 310 g/mol. The average molecular weight is 310 g/mol. The van der Waals surface area contributed by atoms with E-state index in [9.17, 15) is 4.79 Å². The fourth-order valence-electron chi connectivity index (χ4n) is 3.79. The molecule has 0 saturated carbocycles. The maximum Gasteiger partial charge on any atom is 0.272 e. The molecule has 1 aliphatic heterocycles. The molecule has 2 heterocycles. The standard InChI is InChI=1S/C18H22N4O/c1-11-6-7-15(13-5-3-2-4-12(11)13)20-18(23)17-14-10-19-9-8-16(14)21-22-17/h2-5,11,15,19H,6-10H2,1H3,(H,20,23)(H,21,22). The molecular formula is C18H22N4O. The summed E-state index contributed by atoms with van der Waals surface area (Å²) in [5.74, 6) is 0.488. The number of amides is 1. The zero-order valence-electron chi connectivity index (χ0n) is 13.4. The van der Waals surface area contributed by atoms with E-state index in [1.54, 1.807) is 0 Å². The Morgan fingerprint density at radius 3 is 2.96 bits per heavy atom. The highest BCUT2D eigenvalue weighted by Gasteiger charge is 2.28. The number of carbonyl (C=O) groups excluding carboxylic acids is 1. The number of benzene rings is 1. The summed E-state index contributed by atoms with van der Waals surface area (Å²) in [4.78, 5) is 12.7. The van der Waals surface area contributed by atoms with Gasteiger partial charge in [-0.1, -0.05) is 31.2 Å². The molecule has 0 bridgehead atoms. The number of hydrogen-bond donors (Lipinski definition) is 3. The highest BCUT2D eigenvalue weighted by molar-refractivity contribution is 5.94. The Hall–Kier alpha value is -2.14. The van der Waals surface area contributed by atoms with Crippen LogP contribution in [0.3, 0.4) is 0 Å². The highest BCUT2D eigenvalue weighted by atomic mass is 16.2. The number of aromatic amines is 1. The van der Waals surface area contributed by atoms with Crippen LogP contribution < -0.4 is 10.6 Å². The third-order valence-electron chi connectivity index (χ3n) is 5.12. The fourth-order valence-corrected chi connectivity index (χ4v) is 3.79. The van der Waals surface area contributed by atoms with E-state index in [1.165, 1.54) is 11.1 Å². The van der Waals surface area contributed by atoms with Crippen molar-refractivity contribution in [1.29, 1.82) is 0 Å². The number of aromatic nitrogens is 2. The summed E-state index contributed by atoms with van der Waals surface area (Å²) in [6.45, 7) is 3.91. The second-order valence-corrected chi connectivity index (χ2v) is 6.59. The summed E-state index contributed by atoms with van der Waals surface area (Å²) < 4.78 is 0. The minimum Gasteiger partial charge on any atom is -0.344 e. The molecule has 2 unspecified atom stereocenters. The second kappa shape index (κ2) is 5.81. The third kappa shape index (κ3) is 2.55. The lowest BCUT2D eigenvalue weighted by molar-refractivity contribution is 0.0925. The van der Waals surface area contributed by atoms with Gasteiger partial charge in [0.15, 0.2) is 5.69 Å². The van der Waals surface area contributed by atoms with Gasteiger partial charge >= 0.3 is 0 Å². The van der Waals surface area contributed by atoms with Crippen molar-refractivity contribution >= 4 is 5.91 Å². The normalized spacial score (nSPS) is 23.0. The van der Waals surface area contributed by atoms with E-state index in [0.717, 1.165) is 37.1 Å². The minimum atomic E-state index is -0.0689. The van der Waals surface area contributed by atoms with Crippen molar-refractivity contribution in [3.8, 4) is 0 Å². The molecular weight excluding hydrogens is 288 g/mol. The van der Waals surface area contributed by atoms with Crippen LogP contribution in [0.25, 0.3) is 0 Å². The lowest BCUT2D eigenvalue weighted by Crippen LogP contribution is -2.33. The molecule has 2 aromatic rings. The number of H-pyrrole nitrogens is 1. The molecule has 120 valence electrons. The molecule has 5 heteroatoms. The van der Waals surface area contributed by atoms with Crippen molar-refractivity contribution in [2.75, 3.05) is 6.54 Å². The van der Waals surface area contributed by atoms with Gasteiger partial charge in [0.05, 0.1) is 6.04 Å². The van der Waals surface area contributed by atoms with Gasteiger partial charge in [-0.2, -0.15) is 5.10 Å². The van der Waals surface area contributed by atoms with Gasteiger partial charge in [0, 0.05) is 30.8 Å². The third-order valence-corrected chi connectivity index (χ3v) is 5.12. The van der Waals surface area contributed by atoms with Crippen LogP contribution in [0.4, 0.5) is 0 Å². The van der Waals surface area contributed by atoms with Crippen LogP contribution in [0.15, 0.2) is 24.3 Å². The SMILES string of the molecule is CC1CCC(NC(=O)c2n[nH]c3c2CNCC3)c2ccccc21. The van der Waals surface area contributed by atoms with Gasteiger partial charge in [-0.15, -0.1) is 0 Å². The first-order valence-electron chi connectivity index (χ1n) is 8.40. The van der Waals surface area contributed by atoms with Crippen LogP contribution in [-0.4, -0.2) is 22.6 Å². The summed E-state index contributed by atoms with van der Waals surface area (Å²) in [5.41, 5.74) is 5.26. The van der Waals surface area contributed by atoms with Crippen molar-refractivity contribution in [3.05, 3.63) is 52.3 Å². The molecule has 2 aliphatic rings. The van der Waals surface area contributed by atoms with Gasteiger partial charge in [0.25, 0.3) is 5.91 Å². The summed E-state index contributed by atoms with van der Waals surface area (Å²) >= 11 is 0. The number of hydrogen-bond acceptors (Lipinski definition) is 3. The van der Waals surface area contributed by atoms with Gasteiger partial charge in [-0.3, -0.25) is 9.89 Å². The van der Waals surface area contributed by atoms with Crippen LogP contribution in [-0.2, 0) is 13.0 Å².